The van der Waals surface area contributed by atoms with Crippen molar-refractivity contribution < 1.29 is 9.53 Å². The molecule has 24 heavy (non-hydrogen) atoms. The average Bonchev–Trinajstić information content (AvgIpc) is 2.61. The number of hydrazone groups is 1. The van der Waals surface area contributed by atoms with Gasteiger partial charge in [-0.1, -0.05) is 24.3 Å². The molecular formula is C19H21N3O2. The minimum absolute atomic E-state index is 0.285. The van der Waals surface area contributed by atoms with E-state index in [1.165, 1.54) is 6.08 Å². The number of hydrogen-bond acceptors (Lipinski definition) is 4. The lowest BCUT2D eigenvalue weighted by Crippen LogP contribution is -2.14. The first-order chi connectivity index (χ1) is 11.6. The zero-order valence-corrected chi connectivity index (χ0v) is 14.1. The van der Waals surface area contributed by atoms with Gasteiger partial charge in [-0.05, 0) is 41.5 Å². The SMILES string of the molecule is COc1ccc(/C=C/C(=O)N/N=C\c2ccc(N(C)C)cc2)cc1. The van der Waals surface area contributed by atoms with Crippen LogP contribution in [0.25, 0.3) is 6.08 Å². The average molecular weight is 323 g/mol. The van der Waals surface area contributed by atoms with Gasteiger partial charge in [-0.15, -0.1) is 0 Å². The van der Waals surface area contributed by atoms with E-state index in [2.05, 4.69) is 10.5 Å². The molecule has 1 amide bonds. The van der Waals surface area contributed by atoms with Crippen LogP contribution >= 0.6 is 0 Å². The highest BCUT2D eigenvalue weighted by Gasteiger charge is 1.96. The summed E-state index contributed by atoms with van der Waals surface area (Å²) in [4.78, 5) is 13.8. The maximum Gasteiger partial charge on any atom is 0.264 e. The Morgan fingerprint density at radius 2 is 1.67 bits per heavy atom. The van der Waals surface area contributed by atoms with Crippen LogP contribution in [0.2, 0.25) is 0 Å². The molecule has 5 nitrogen and oxygen atoms in total. The second-order valence-electron chi connectivity index (χ2n) is 5.33. The monoisotopic (exact) mass is 323 g/mol. The zero-order valence-electron chi connectivity index (χ0n) is 14.1. The number of amides is 1. The maximum absolute atomic E-state index is 11.7. The molecule has 0 saturated heterocycles. The third kappa shape index (κ3) is 5.28. The van der Waals surface area contributed by atoms with Crippen LogP contribution in [0, 0.1) is 0 Å². The van der Waals surface area contributed by atoms with Crippen molar-refractivity contribution in [1.82, 2.24) is 5.43 Å². The lowest BCUT2D eigenvalue weighted by atomic mass is 10.2. The highest BCUT2D eigenvalue weighted by molar-refractivity contribution is 5.92. The number of rotatable bonds is 6. The van der Waals surface area contributed by atoms with Gasteiger partial charge in [0.15, 0.2) is 0 Å². The Morgan fingerprint density at radius 3 is 2.25 bits per heavy atom. The minimum atomic E-state index is -0.285. The molecule has 1 N–H and O–H groups in total. The highest BCUT2D eigenvalue weighted by Crippen LogP contribution is 2.12. The van der Waals surface area contributed by atoms with Gasteiger partial charge in [0, 0.05) is 25.9 Å². The third-order valence-electron chi connectivity index (χ3n) is 3.34. The van der Waals surface area contributed by atoms with Crippen LogP contribution in [-0.2, 0) is 4.79 Å². The molecular weight excluding hydrogens is 302 g/mol. The fourth-order valence-corrected chi connectivity index (χ4v) is 1.95. The van der Waals surface area contributed by atoms with Crippen LogP contribution in [0.1, 0.15) is 11.1 Å². The maximum atomic E-state index is 11.7. The van der Waals surface area contributed by atoms with Crippen LogP contribution < -0.4 is 15.1 Å². The Kier molecular flexibility index (Phi) is 6.14. The van der Waals surface area contributed by atoms with Gasteiger partial charge in [0.2, 0.25) is 0 Å². The molecule has 2 rings (SSSR count). The van der Waals surface area contributed by atoms with Gasteiger partial charge in [0.05, 0.1) is 13.3 Å². The molecule has 0 fully saturated rings. The van der Waals surface area contributed by atoms with Crippen LogP contribution in [-0.4, -0.2) is 33.3 Å². The van der Waals surface area contributed by atoms with Crippen molar-refractivity contribution >= 4 is 23.9 Å². The number of nitrogens with zero attached hydrogens (tertiary/aromatic N) is 2. The lowest BCUT2D eigenvalue weighted by Gasteiger charge is -2.11. The van der Waals surface area contributed by atoms with E-state index < -0.39 is 0 Å². The number of nitrogens with one attached hydrogen (secondary N) is 1. The Morgan fingerprint density at radius 1 is 1.04 bits per heavy atom. The van der Waals surface area contributed by atoms with Crippen molar-refractivity contribution in [2.45, 2.75) is 0 Å². The van der Waals surface area contributed by atoms with Crippen molar-refractivity contribution in [2.75, 3.05) is 26.1 Å². The Bertz CT molecular complexity index is 717. The van der Waals surface area contributed by atoms with E-state index in [0.717, 1.165) is 22.6 Å². The Balaban J connectivity index is 1.86. The van der Waals surface area contributed by atoms with Crippen molar-refractivity contribution in [2.24, 2.45) is 5.10 Å². The van der Waals surface area contributed by atoms with E-state index in [-0.39, 0.29) is 5.91 Å². The molecule has 2 aromatic rings. The molecule has 0 aromatic heterocycles. The molecule has 0 heterocycles. The number of anilines is 1. The topological polar surface area (TPSA) is 53.9 Å². The molecule has 0 spiro atoms. The first kappa shape index (κ1) is 17.3. The van der Waals surface area contributed by atoms with Gasteiger partial charge >= 0.3 is 0 Å². The summed E-state index contributed by atoms with van der Waals surface area (Å²) >= 11 is 0. The Hall–Kier alpha value is -3.08. The molecule has 0 unspecified atom stereocenters. The van der Waals surface area contributed by atoms with Gasteiger partial charge in [-0.2, -0.15) is 5.10 Å². The molecule has 2 aromatic carbocycles. The largest absolute Gasteiger partial charge is 0.497 e. The number of hydrogen-bond donors (Lipinski definition) is 1. The van der Waals surface area contributed by atoms with E-state index in [1.807, 2.05) is 67.5 Å². The predicted molar refractivity (Wildman–Crippen MR) is 98.5 cm³/mol. The Labute approximate surface area is 142 Å². The minimum Gasteiger partial charge on any atom is -0.497 e. The van der Waals surface area contributed by atoms with Crippen LogP contribution in [0.4, 0.5) is 5.69 Å². The zero-order chi connectivity index (χ0) is 17.4. The van der Waals surface area contributed by atoms with Gasteiger partial charge in [-0.25, -0.2) is 5.43 Å². The quantitative estimate of drug-likeness (QED) is 0.505. The fourth-order valence-electron chi connectivity index (χ4n) is 1.95. The smallest absolute Gasteiger partial charge is 0.264 e. The van der Waals surface area contributed by atoms with Crippen LogP contribution in [0.5, 0.6) is 5.75 Å². The summed E-state index contributed by atoms with van der Waals surface area (Å²) in [6.07, 6.45) is 4.77. The first-order valence-corrected chi connectivity index (χ1v) is 7.51. The summed E-state index contributed by atoms with van der Waals surface area (Å²) in [5.41, 5.74) is 5.41. The molecule has 0 radical (unpaired) electrons. The molecule has 5 heteroatoms. The van der Waals surface area contributed by atoms with Gasteiger partial charge < -0.3 is 9.64 Å². The number of methoxy groups -OCH3 is 1. The van der Waals surface area contributed by atoms with Gasteiger partial charge in [0.1, 0.15) is 5.75 Å². The molecule has 0 saturated carbocycles. The van der Waals surface area contributed by atoms with Gasteiger partial charge in [-0.3, -0.25) is 4.79 Å². The lowest BCUT2D eigenvalue weighted by molar-refractivity contribution is -0.116. The summed E-state index contributed by atoms with van der Waals surface area (Å²) in [7, 11) is 5.58. The second-order valence-corrected chi connectivity index (χ2v) is 5.33. The third-order valence-corrected chi connectivity index (χ3v) is 3.34. The molecule has 0 atom stereocenters. The highest BCUT2D eigenvalue weighted by atomic mass is 16.5. The number of ether oxygens (including phenoxy) is 1. The van der Waals surface area contributed by atoms with E-state index in [9.17, 15) is 4.79 Å². The van der Waals surface area contributed by atoms with Crippen molar-refractivity contribution in [3.63, 3.8) is 0 Å². The molecule has 0 aliphatic rings. The summed E-state index contributed by atoms with van der Waals surface area (Å²) in [5, 5.41) is 3.95. The van der Waals surface area contributed by atoms with E-state index in [4.69, 9.17) is 4.74 Å². The van der Waals surface area contributed by atoms with Crippen molar-refractivity contribution in [3.8, 4) is 5.75 Å². The normalized spacial score (nSPS) is 11.0. The first-order valence-electron chi connectivity index (χ1n) is 7.51. The van der Waals surface area contributed by atoms with E-state index in [1.54, 1.807) is 19.4 Å². The molecule has 0 bridgehead atoms. The standard InChI is InChI=1S/C19H21N3O2/c1-22(2)17-9-4-16(5-10-17)14-20-21-19(23)13-8-15-6-11-18(24-3)12-7-15/h4-14H,1-3H3,(H,21,23)/b13-8+,20-14-. The number of carbonyl (C=O) groups excluding carboxylic acids is 1. The van der Waals surface area contributed by atoms with E-state index >= 15 is 0 Å². The fraction of sp³-hybridized carbons (Fsp3) is 0.158. The predicted octanol–water partition coefficient (Wildman–Crippen LogP) is 2.92. The van der Waals surface area contributed by atoms with Crippen LogP contribution in [0.15, 0.2) is 59.7 Å². The van der Waals surface area contributed by atoms with Crippen LogP contribution in [0.3, 0.4) is 0 Å². The molecule has 124 valence electrons. The summed E-state index contributed by atoms with van der Waals surface area (Å²) in [6, 6.07) is 15.3. The molecule has 0 aliphatic carbocycles. The summed E-state index contributed by atoms with van der Waals surface area (Å²) < 4.78 is 5.09. The van der Waals surface area contributed by atoms with E-state index in [0.29, 0.717) is 0 Å². The van der Waals surface area contributed by atoms with Crippen molar-refractivity contribution in [3.05, 3.63) is 65.7 Å². The van der Waals surface area contributed by atoms with Crippen molar-refractivity contribution in [1.29, 1.82) is 0 Å². The second kappa shape index (κ2) is 8.53. The molecule has 0 aliphatic heterocycles. The summed E-state index contributed by atoms with van der Waals surface area (Å²) in [6.45, 7) is 0. The van der Waals surface area contributed by atoms with Gasteiger partial charge in [0.25, 0.3) is 5.91 Å². The number of carbonyl (C=O) groups is 1. The number of benzene rings is 2. The summed E-state index contributed by atoms with van der Waals surface area (Å²) in [5.74, 6) is 0.494.